The van der Waals surface area contributed by atoms with Gasteiger partial charge in [0.15, 0.2) is 0 Å². The van der Waals surface area contributed by atoms with Gasteiger partial charge < -0.3 is 20.2 Å². The van der Waals surface area contributed by atoms with Crippen LogP contribution in [0.15, 0.2) is 16.5 Å². The standard InChI is InChI=1S/C14H20N2O4/c1-2-6-14(7-3-8-16-14)13(19)15-9-10-4-5-11(20-10)12(17)18/h4-5,16H,2-3,6-9H2,1H3,(H,15,19)(H,17,18). The van der Waals surface area contributed by atoms with E-state index in [0.717, 1.165) is 32.2 Å². The molecule has 0 aromatic carbocycles. The van der Waals surface area contributed by atoms with Crippen molar-refractivity contribution in [1.82, 2.24) is 10.6 Å². The third-order valence-corrected chi connectivity index (χ3v) is 3.65. The van der Waals surface area contributed by atoms with Gasteiger partial charge in [-0.3, -0.25) is 4.79 Å². The third kappa shape index (κ3) is 3.01. The molecule has 1 aromatic heterocycles. The number of rotatable bonds is 6. The lowest BCUT2D eigenvalue weighted by atomic mass is 9.91. The highest BCUT2D eigenvalue weighted by Gasteiger charge is 2.39. The number of hydrogen-bond acceptors (Lipinski definition) is 4. The van der Waals surface area contributed by atoms with Crippen LogP contribution in [0.4, 0.5) is 0 Å². The molecule has 1 aliphatic rings. The van der Waals surface area contributed by atoms with Crippen LogP contribution in [-0.4, -0.2) is 29.1 Å². The fourth-order valence-corrected chi connectivity index (χ4v) is 2.68. The van der Waals surface area contributed by atoms with Crippen molar-refractivity contribution in [2.45, 2.75) is 44.7 Å². The van der Waals surface area contributed by atoms with Gasteiger partial charge >= 0.3 is 5.97 Å². The van der Waals surface area contributed by atoms with Gasteiger partial charge in [0.25, 0.3) is 0 Å². The molecular weight excluding hydrogens is 260 g/mol. The van der Waals surface area contributed by atoms with E-state index in [1.807, 2.05) is 0 Å². The van der Waals surface area contributed by atoms with Gasteiger partial charge in [0.1, 0.15) is 5.76 Å². The summed E-state index contributed by atoms with van der Waals surface area (Å²) in [6.07, 6.45) is 3.57. The van der Waals surface area contributed by atoms with Crippen molar-refractivity contribution in [2.75, 3.05) is 6.54 Å². The summed E-state index contributed by atoms with van der Waals surface area (Å²) < 4.78 is 5.12. The second-order valence-electron chi connectivity index (χ2n) is 5.12. The number of carboxylic acids is 1. The van der Waals surface area contributed by atoms with Crippen LogP contribution in [0.3, 0.4) is 0 Å². The zero-order valence-corrected chi connectivity index (χ0v) is 11.6. The second-order valence-corrected chi connectivity index (χ2v) is 5.12. The number of aromatic carboxylic acids is 1. The van der Waals surface area contributed by atoms with Gasteiger partial charge in [-0.1, -0.05) is 13.3 Å². The van der Waals surface area contributed by atoms with Gasteiger partial charge in [-0.2, -0.15) is 0 Å². The molecule has 0 spiro atoms. The third-order valence-electron chi connectivity index (χ3n) is 3.65. The Balaban J connectivity index is 1.95. The Morgan fingerprint density at radius 1 is 1.50 bits per heavy atom. The molecule has 0 aliphatic carbocycles. The van der Waals surface area contributed by atoms with E-state index in [1.54, 1.807) is 6.07 Å². The first-order valence-electron chi connectivity index (χ1n) is 6.93. The first-order valence-corrected chi connectivity index (χ1v) is 6.93. The molecule has 2 heterocycles. The molecule has 20 heavy (non-hydrogen) atoms. The number of carboxylic acid groups (broad SMARTS) is 1. The lowest BCUT2D eigenvalue weighted by molar-refractivity contribution is -0.127. The second kappa shape index (κ2) is 6.09. The zero-order valence-electron chi connectivity index (χ0n) is 11.6. The molecule has 3 N–H and O–H groups in total. The average Bonchev–Trinajstić information content (AvgIpc) is 3.06. The van der Waals surface area contributed by atoms with E-state index in [2.05, 4.69) is 17.6 Å². The van der Waals surface area contributed by atoms with Crippen LogP contribution in [-0.2, 0) is 11.3 Å². The van der Waals surface area contributed by atoms with Crippen LogP contribution in [0.25, 0.3) is 0 Å². The maximum absolute atomic E-state index is 12.3. The molecule has 0 radical (unpaired) electrons. The Morgan fingerprint density at radius 2 is 2.30 bits per heavy atom. The maximum atomic E-state index is 12.3. The predicted octanol–water partition coefficient (Wildman–Crippen LogP) is 1.52. The minimum absolute atomic E-state index is 0.0369. The van der Waals surface area contributed by atoms with Crippen molar-refractivity contribution in [2.24, 2.45) is 0 Å². The van der Waals surface area contributed by atoms with Crippen molar-refractivity contribution in [3.05, 3.63) is 23.7 Å². The molecule has 6 heteroatoms. The molecule has 0 bridgehead atoms. The molecule has 1 atom stereocenters. The number of furan rings is 1. The van der Waals surface area contributed by atoms with Crippen molar-refractivity contribution in [3.63, 3.8) is 0 Å². The number of carbonyl (C=O) groups is 2. The molecule has 1 fully saturated rings. The fourth-order valence-electron chi connectivity index (χ4n) is 2.68. The normalized spacial score (nSPS) is 21.9. The van der Waals surface area contributed by atoms with E-state index in [4.69, 9.17) is 9.52 Å². The summed E-state index contributed by atoms with van der Waals surface area (Å²) in [6.45, 7) is 3.12. The van der Waals surface area contributed by atoms with Gasteiger partial charge in [0.2, 0.25) is 11.7 Å². The molecule has 0 saturated carbocycles. The number of carbonyl (C=O) groups excluding carboxylic acids is 1. The van der Waals surface area contributed by atoms with Gasteiger partial charge in [-0.15, -0.1) is 0 Å². The van der Waals surface area contributed by atoms with Crippen LogP contribution >= 0.6 is 0 Å². The SMILES string of the molecule is CCCC1(C(=O)NCc2ccc(C(=O)O)o2)CCCN1. The summed E-state index contributed by atoms with van der Waals surface area (Å²) in [6, 6.07) is 2.96. The van der Waals surface area contributed by atoms with E-state index < -0.39 is 11.5 Å². The highest BCUT2D eigenvalue weighted by Crippen LogP contribution is 2.25. The summed E-state index contributed by atoms with van der Waals surface area (Å²) in [5, 5.41) is 14.9. The first kappa shape index (κ1) is 14.6. The van der Waals surface area contributed by atoms with Crippen LogP contribution < -0.4 is 10.6 Å². The Bertz CT molecular complexity index is 489. The van der Waals surface area contributed by atoms with Gasteiger partial charge in [-0.25, -0.2) is 4.79 Å². The van der Waals surface area contributed by atoms with Gasteiger partial charge in [0, 0.05) is 0 Å². The first-order chi connectivity index (χ1) is 9.57. The lowest BCUT2D eigenvalue weighted by Crippen LogP contribution is -2.53. The van der Waals surface area contributed by atoms with Crippen LogP contribution in [0.2, 0.25) is 0 Å². The molecule has 110 valence electrons. The summed E-state index contributed by atoms with van der Waals surface area (Å²) in [5.41, 5.74) is -0.475. The zero-order chi connectivity index (χ0) is 14.6. The molecule has 2 rings (SSSR count). The van der Waals surface area contributed by atoms with E-state index in [1.165, 1.54) is 6.07 Å². The smallest absolute Gasteiger partial charge is 0.371 e. The average molecular weight is 280 g/mol. The number of nitrogens with one attached hydrogen (secondary N) is 2. The molecule has 1 saturated heterocycles. The van der Waals surface area contributed by atoms with Crippen molar-refractivity contribution < 1.29 is 19.1 Å². The van der Waals surface area contributed by atoms with Crippen LogP contribution in [0, 0.1) is 0 Å². The highest BCUT2D eigenvalue weighted by atomic mass is 16.4. The van der Waals surface area contributed by atoms with Gasteiger partial charge in [-0.05, 0) is 37.9 Å². The van der Waals surface area contributed by atoms with E-state index >= 15 is 0 Å². The maximum Gasteiger partial charge on any atom is 0.371 e. The van der Waals surface area contributed by atoms with E-state index in [9.17, 15) is 9.59 Å². The summed E-state index contributed by atoms with van der Waals surface area (Å²) in [4.78, 5) is 23.0. The Hall–Kier alpha value is -1.82. The largest absolute Gasteiger partial charge is 0.475 e. The molecule has 1 amide bonds. The predicted molar refractivity (Wildman–Crippen MR) is 72.4 cm³/mol. The lowest BCUT2D eigenvalue weighted by Gasteiger charge is -2.27. The van der Waals surface area contributed by atoms with Crippen LogP contribution in [0.1, 0.15) is 48.9 Å². The minimum atomic E-state index is -1.11. The van der Waals surface area contributed by atoms with Crippen LogP contribution in [0.5, 0.6) is 0 Å². The van der Waals surface area contributed by atoms with E-state index in [0.29, 0.717) is 5.76 Å². The van der Waals surface area contributed by atoms with E-state index in [-0.39, 0.29) is 18.2 Å². The monoisotopic (exact) mass is 280 g/mol. The topological polar surface area (TPSA) is 91.6 Å². The molecule has 1 aromatic rings. The molecule has 1 unspecified atom stereocenters. The van der Waals surface area contributed by atoms with Gasteiger partial charge in [0.05, 0.1) is 12.1 Å². The summed E-state index contributed by atoms with van der Waals surface area (Å²) in [5.74, 6) is -0.815. The Kier molecular flexibility index (Phi) is 4.44. The van der Waals surface area contributed by atoms with Crippen molar-refractivity contribution in [1.29, 1.82) is 0 Å². The fraction of sp³-hybridized carbons (Fsp3) is 0.571. The Morgan fingerprint density at radius 3 is 2.85 bits per heavy atom. The quantitative estimate of drug-likeness (QED) is 0.734. The van der Waals surface area contributed by atoms with Crippen molar-refractivity contribution >= 4 is 11.9 Å². The Labute approximate surface area is 117 Å². The molecule has 1 aliphatic heterocycles. The number of hydrogen-bond donors (Lipinski definition) is 3. The minimum Gasteiger partial charge on any atom is -0.475 e. The number of amides is 1. The molecular formula is C14H20N2O4. The highest BCUT2D eigenvalue weighted by molar-refractivity contribution is 5.86. The summed E-state index contributed by atoms with van der Waals surface area (Å²) >= 11 is 0. The molecule has 6 nitrogen and oxygen atoms in total. The van der Waals surface area contributed by atoms with Crippen molar-refractivity contribution in [3.8, 4) is 0 Å². The summed E-state index contributed by atoms with van der Waals surface area (Å²) in [7, 11) is 0.